The monoisotopic (exact) mass is 340 g/mol. The first-order valence-electron chi connectivity index (χ1n) is 6.42. The maximum atomic E-state index is 14.3. The van der Waals surface area contributed by atoms with Crippen LogP contribution in [0.4, 0.5) is 8.78 Å². The van der Waals surface area contributed by atoms with E-state index in [4.69, 9.17) is 0 Å². The van der Waals surface area contributed by atoms with Crippen LogP contribution in [0.5, 0.6) is 0 Å². The molecule has 0 fully saturated rings. The zero-order valence-corrected chi connectivity index (χ0v) is 12.6. The number of hydrogen-bond donors (Lipinski definition) is 1. The van der Waals surface area contributed by atoms with E-state index in [-0.39, 0.29) is 5.82 Å². The molecule has 5 heteroatoms. The van der Waals surface area contributed by atoms with Gasteiger partial charge in [-0.15, -0.1) is 0 Å². The fourth-order valence-corrected chi connectivity index (χ4v) is 2.35. The SMILES string of the molecule is CCCNC(c1ccc(F)cn1)c1cccc(Br)c1F. The Labute approximate surface area is 125 Å². The Bertz CT molecular complexity index is 573. The van der Waals surface area contributed by atoms with Gasteiger partial charge in [-0.3, -0.25) is 4.98 Å². The summed E-state index contributed by atoms with van der Waals surface area (Å²) < 4.78 is 27.6. The van der Waals surface area contributed by atoms with Crippen molar-refractivity contribution >= 4 is 15.9 Å². The second-order valence-electron chi connectivity index (χ2n) is 4.43. The maximum Gasteiger partial charge on any atom is 0.142 e. The van der Waals surface area contributed by atoms with E-state index in [1.165, 1.54) is 6.07 Å². The number of aromatic nitrogens is 1. The molecule has 0 radical (unpaired) electrons. The smallest absolute Gasteiger partial charge is 0.142 e. The minimum Gasteiger partial charge on any atom is -0.305 e. The lowest BCUT2D eigenvalue weighted by Crippen LogP contribution is -2.25. The van der Waals surface area contributed by atoms with Crippen molar-refractivity contribution in [3.63, 3.8) is 0 Å². The fourth-order valence-electron chi connectivity index (χ4n) is 1.96. The van der Waals surface area contributed by atoms with E-state index in [0.717, 1.165) is 19.2 Å². The van der Waals surface area contributed by atoms with E-state index >= 15 is 0 Å². The van der Waals surface area contributed by atoms with Crippen LogP contribution in [0.1, 0.15) is 30.6 Å². The lowest BCUT2D eigenvalue weighted by atomic mass is 10.0. The lowest BCUT2D eigenvalue weighted by molar-refractivity contribution is 0.533. The van der Waals surface area contributed by atoms with Crippen LogP contribution in [0.3, 0.4) is 0 Å². The Balaban J connectivity index is 2.41. The minimum absolute atomic E-state index is 0.327. The van der Waals surface area contributed by atoms with Crippen molar-refractivity contribution in [3.8, 4) is 0 Å². The molecule has 0 amide bonds. The van der Waals surface area contributed by atoms with Gasteiger partial charge in [0.25, 0.3) is 0 Å². The molecule has 0 aliphatic carbocycles. The van der Waals surface area contributed by atoms with Crippen molar-refractivity contribution in [2.24, 2.45) is 0 Å². The second-order valence-corrected chi connectivity index (χ2v) is 5.29. The molecule has 2 rings (SSSR count). The van der Waals surface area contributed by atoms with Crippen LogP contribution in [0.25, 0.3) is 0 Å². The van der Waals surface area contributed by atoms with Gasteiger partial charge >= 0.3 is 0 Å². The molecule has 1 atom stereocenters. The molecule has 1 heterocycles. The van der Waals surface area contributed by atoms with Gasteiger partial charge in [0.05, 0.1) is 22.4 Å². The number of benzene rings is 1. The third-order valence-electron chi connectivity index (χ3n) is 2.94. The molecular formula is C15H15BrF2N2. The zero-order valence-electron chi connectivity index (χ0n) is 11.0. The number of halogens is 3. The summed E-state index contributed by atoms with van der Waals surface area (Å²) in [6, 6.07) is 7.63. The topological polar surface area (TPSA) is 24.9 Å². The molecule has 0 aliphatic rings. The van der Waals surface area contributed by atoms with E-state index in [1.807, 2.05) is 6.92 Å². The van der Waals surface area contributed by atoms with Crippen molar-refractivity contribution in [1.29, 1.82) is 0 Å². The highest BCUT2D eigenvalue weighted by Gasteiger charge is 2.19. The number of pyridine rings is 1. The van der Waals surface area contributed by atoms with Crippen LogP contribution < -0.4 is 5.32 Å². The summed E-state index contributed by atoms with van der Waals surface area (Å²) in [6.07, 6.45) is 2.05. The number of hydrogen-bond acceptors (Lipinski definition) is 2. The largest absolute Gasteiger partial charge is 0.305 e. The first-order chi connectivity index (χ1) is 9.63. The van der Waals surface area contributed by atoms with Gasteiger partial charge in [0.1, 0.15) is 11.6 Å². The summed E-state index contributed by atoms with van der Waals surface area (Å²) in [5.74, 6) is -0.732. The molecule has 0 spiro atoms. The third-order valence-corrected chi connectivity index (χ3v) is 3.55. The van der Waals surface area contributed by atoms with Gasteiger partial charge in [-0.2, -0.15) is 0 Å². The van der Waals surface area contributed by atoms with Gasteiger partial charge in [0.15, 0.2) is 0 Å². The van der Waals surface area contributed by atoms with Crippen LogP contribution in [0, 0.1) is 11.6 Å². The predicted octanol–water partition coefficient (Wildman–Crippen LogP) is 4.21. The number of nitrogens with zero attached hydrogens (tertiary/aromatic N) is 1. The van der Waals surface area contributed by atoms with Gasteiger partial charge in [0, 0.05) is 5.56 Å². The maximum absolute atomic E-state index is 14.3. The van der Waals surface area contributed by atoms with Gasteiger partial charge in [-0.25, -0.2) is 8.78 Å². The number of rotatable bonds is 5. The van der Waals surface area contributed by atoms with E-state index in [9.17, 15) is 8.78 Å². The van der Waals surface area contributed by atoms with Gasteiger partial charge in [-0.05, 0) is 47.1 Å². The van der Waals surface area contributed by atoms with Gasteiger partial charge in [0.2, 0.25) is 0 Å². The molecule has 1 unspecified atom stereocenters. The highest BCUT2D eigenvalue weighted by molar-refractivity contribution is 9.10. The molecule has 2 nitrogen and oxygen atoms in total. The van der Waals surface area contributed by atoms with Crippen LogP contribution in [-0.4, -0.2) is 11.5 Å². The average Bonchev–Trinajstić information content (AvgIpc) is 2.45. The third kappa shape index (κ3) is 3.41. The van der Waals surface area contributed by atoms with Crippen LogP contribution in [0.2, 0.25) is 0 Å². The molecule has 1 aromatic heterocycles. The Kier molecular flexibility index (Phi) is 5.20. The molecule has 20 heavy (non-hydrogen) atoms. The van der Waals surface area contributed by atoms with Crippen molar-refractivity contribution in [2.45, 2.75) is 19.4 Å². The summed E-state index contributed by atoms with van der Waals surface area (Å²) in [7, 11) is 0. The fraction of sp³-hybridized carbons (Fsp3) is 0.267. The molecule has 106 valence electrons. The molecule has 0 aliphatic heterocycles. The Morgan fingerprint density at radius 2 is 2.05 bits per heavy atom. The summed E-state index contributed by atoms with van der Waals surface area (Å²) in [4.78, 5) is 4.06. The van der Waals surface area contributed by atoms with Crippen LogP contribution >= 0.6 is 15.9 Å². The second kappa shape index (κ2) is 6.90. The molecule has 1 aromatic carbocycles. The Morgan fingerprint density at radius 1 is 1.25 bits per heavy atom. The molecule has 0 saturated carbocycles. The molecule has 0 bridgehead atoms. The van der Waals surface area contributed by atoms with Gasteiger partial charge in [-0.1, -0.05) is 19.1 Å². The summed E-state index contributed by atoms with van der Waals surface area (Å²) in [5, 5.41) is 3.24. The Hall–Kier alpha value is -1.33. The molecule has 2 aromatic rings. The average molecular weight is 341 g/mol. The van der Waals surface area contributed by atoms with E-state index < -0.39 is 11.9 Å². The van der Waals surface area contributed by atoms with E-state index in [1.54, 1.807) is 24.3 Å². The van der Waals surface area contributed by atoms with Gasteiger partial charge < -0.3 is 5.32 Å². The highest BCUT2D eigenvalue weighted by Crippen LogP contribution is 2.27. The standard InChI is InChI=1S/C15H15BrF2N2/c1-2-8-19-15(13-7-6-10(17)9-20-13)11-4-3-5-12(16)14(11)18/h3-7,9,15,19H,2,8H2,1H3. The number of nitrogens with one attached hydrogen (secondary N) is 1. The summed E-state index contributed by atoms with van der Waals surface area (Å²) in [6.45, 7) is 2.75. The summed E-state index contributed by atoms with van der Waals surface area (Å²) >= 11 is 3.18. The van der Waals surface area contributed by atoms with Crippen molar-refractivity contribution in [1.82, 2.24) is 10.3 Å². The first-order valence-corrected chi connectivity index (χ1v) is 7.21. The van der Waals surface area contributed by atoms with Crippen LogP contribution in [-0.2, 0) is 0 Å². The van der Waals surface area contributed by atoms with Crippen molar-refractivity contribution in [3.05, 3.63) is 63.9 Å². The Morgan fingerprint density at radius 3 is 2.70 bits per heavy atom. The molecule has 0 saturated heterocycles. The van der Waals surface area contributed by atoms with E-state index in [0.29, 0.717) is 15.7 Å². The predicted molar refractivity (Wildman–Crippen MR) is 78.4 cm³/mol. The molecular weight excluding hydrogens is 326 g/mol. The van der Waals surface area contributed by atoms with Crippen LogP contribution in [0.15, 0.2) is 41.0 Å². The molecule has 1 N–H and O–H groups in total. The zero-order chi connectivity index (χ0) is 14.5. The normalized spacial score (nSPS) is 12.4. The lowest BCUT2D eigenvalue weighted by Gasteiger charge is -2.19. The quantitative estimate of drug-likeness (QED) is 0.881. The minimum atomic E-state index is -0.405. The summed E-state index contributed by atoms with van der Waals surface area (Å²) in [5.41, 5.74) is 1.09. The first kappa shape index (κ1) is 15.1. The van der Waals surface area contributed by atoms with Crippen molar-refractivity contribution < 1.29 is 8.78 Å². The van der Waals surface area contributed by atoms with E-state index in [2.05, 4.69) is 26.2 Å². The highest BCUT2D eigenvalue weighted by atomic mass is 79.9. The van der Waals surface area contributed by atoms with Crippen molar-refractivity contribution in [2.75, 3.05) is 6.54 Å².